The van der Waals surface area contributed by atoms with Crippen LogP contribution < -0.4 is 20.1 Å². The molecule has 1 amide bonds. The average Bonchev–Trinajstić information content (AvgIpc) is 3.33. The fraction of sp³-hybridized carbons (Fsp3) is 0.600. The SMILES string of the molecule is CN=C(NCCc1ccc2c(c1)OCO2)NCC1(C(=O)N(C)C)CCCC1.I. The van der Waals surface area contributed by atoms with Crippen molar-refractivity contribution in [2.75, 3.05) is 41.0 Å². The lowest BCUT2D eigenvalue weighted by molar-refractivity contribution is -0.138. The Morgan fingerprint density at radius 2 is 1.89 bits per heavy atom. The molecule has 2 aliphatic rings. The van der Waals surface area contributed by atoms with Crippen LogP contribution in [0.1, 0.15) is 31.2 Å². The quantitative estimate of drug-likeness (QED) is 0.355. The zero-order valence-electron chi connectivity index (χ0n) is 16.9. The van der Waals surface area contributed by atoms with Gasteiger partial charge in [-0.3, -0.25) is 9.79 Å². The third kappa shape index (κ3) is 5.21. The van der Waals surface area contributed by atoms with Gasteiger partial charge in [-0.05, 0) is 37.0 Å². The molecule has 1 fully saturated rings. The minimum absolute atomic E-state index is 0. The summed E-state index contributed by atoms with van der Waals surface area (Å²) in [5.74, 6) is 2.55. The molecular weight excluding hydrogens is 471 g/mol. The number of halogens is 1. The van der Waals surface area contributed by atoms with Crippen LogP contribution in [0.15, 0.2) is 23.2 Å². The van der Waals surface area contributed by atoms with Gasteiger partial charge in [-0.15, -0.1) is 24.0 Å². The molecule has 28 heavy (non-hydrogen) atoms. The maximum Gasteiger partial charge on any atom is 0.231 e. The van der Waals surface area contributed by atoms with Crippen molar-refractivity contribution in [2.24, 2.45) is 10.4 Å². The van der Waals surface area contributed by atoms with E-state index in [1.165, 1.54) is 5.56 Å². The molecule has 1 aromatic rings. The van der Waals surface area contributed by atoms with Crippen molar-refractivity contribution in [1.29, 1.82) is 0 Å². The highest BCUT2D eigenvalue weighted by Gasteiger charge is 2.42. The minimum Gasteiger partial charge on any atom is -0.454 e. The van der Waals surface area contributed by atoms with E-state index in [1.807, 2.05) is 26.2 Å². The number of amides is 1. The molecule has 0 aromatic heterocycles. The molecule has 156 valence electrons. The smallest absolute Gasteiger partial charge is 0.231 e. The van der Waals surface area contributed by atoms with E-state index in [2.05, 4.69) is 21.7 Å². The third-order valence-corrected chi connectivity index (χ3v) is 5.38. The molecule has 1 saturated carbocycles. The van der Waals surface area contributed by atoms with Crippen molar-refractivity contribution in [3.63, 3.8) is 0 Å². The average molecular weight is 502 g/mol. The number of hydrogen-bond acceptors (Lipinski definition) is 4. The van der Waals surface area contributed by atoms with Crippen molar-refractivity contribution in [2.45, 2.75) is 32.1 Å². The second-order valence-corrected chi connectivity index (χ2v) is 7.48. The first-order chi connectivity index (χ1) is 13.0. The lowest BCUT2D eigenvalue weighted by atomic mass is 9.84. The van der Waals surface area contributed by atoms with Gasteiger partial charge < -0.3 is 25.0 Å². The first kappa shape index (κ1) is 22.6. The molecule has 2 N–H and O–H groups in total. The van der Waals surface area contributed by atoms with E-state index in [1.54, 1.807) is 11.9 Å². The molecule has 7 nitrogen and oxygen atoms in total. The Balaban J connectivity index is 0.00000280. The first-order valence-electron chi connectivity index (χ1n) is 9.59. The van der Waals surface area contributed by atoms with Crippen molar-refractivity contribution in [3.05, 3.63) is 23.8 Å². The summed E-state index contributed by atoms with van der Waals surface area (Å²) < 4.78 is 10.8. The molecule has 1 aromatic carbocycles. The van der Waals surface area contributed by atoms with Crippen LogP contribution in [0.2, 0.25) is 0 Å². The van der Waals surface area contributed by atoms with Crippen LogP contribution in [0.4, 0.5) is 0 Å². The Morgan fingerprint density at radius 3 is 2.57 bits per heavy atom. The number of ether oxygens (including phenoxy) is 2. The van der Waals surface area contributed by atoms with Gasteiger partial charge in [-0.2, -0.15) is 0 Å². The molecule has 0 unspecified atom stereocenters. The number of guanidine groups is 1. The summed E-state index contributed by atoms with van der Waals surface area (Å²) >= 11 is 0. The van der Waals surface area contributed by atoms with Gasteiger partial charge in [0, 0.05) is 34.2 Å². The van der Waals surface area contributed by atoms with Crippen molar-refractivity contribution >= 4 is 35.8 Å². The lowest BCUT2D eigenvalue weighted by Gasteiger charge is -2.31. The second kappa shape index (κ2) is 10.2. The molecule has 1 heterocycles. The van der Waals surface area contributed by atoms with E-state index in [4.69, 9.17) is 9.47 Å². The number of nitrogens with zero attached hydrogens (tertiary/aromatic N) is 2. The van der Waals surface area contributed by atoms with Crippen LogP contribution in [-0.4, -0.2) is 57.8 Å². The molecule has 0 spiro atoms. The maximum absolute atomic E-state index is 12.7. The Kier molecular flexibility index (Phi) is 8.21. The van der Waals surface area contributed by atoms with Crippen LogP contribution >= 0.6 is 24.0 Å². The summed E-state index contributed by atoms with van der Waals surface area (Å²) in [5.41, 5.74) is 0.871. The third-order valence-electron chi connectivity index (χ3n) is 5.38. The number of fused-ring (bicyclic) bond motifs is 1. The van der Waals surface area contributed by atoms with Crippen molar-refractivity contribution < 1.29 is 14.3 Å². The predicted molar refractivity (Wildman–Crippen MR) is 121 cm³/mol. The molecule has 3 rings (SSSR count). The van der Waals surface area contributed by atoms with Gasteiger partial charge in [-0.25, -0.2) is 0 Å². The molecule has 0 bridgehead atoms. The van der Waals surface area contributed by atoms with Crippen LogP contribution in [-0.2, 0) is 11.2 Å². The summed E-state index contributed by atoms with van der Waals surface area (Å²) in [6.45, 7) is 1.66. The number of nitrogens with one attached hydrogen (secondary N) is 2. The van der Waals surface area contributed by atoms with E-state index in [9.17, 15) is 4.79 Å². The first-order valence-corrected chi connectivity index (χ1v) is 9.59. The van der Waals surface area contributed by atoms with E-state index in [0.717, 1.165) is 56.1 Å². The Hall–Kier alpha value is -1.71. The van der Waals surface area contributed by atoms with E-state index >= 15 is 0 Å². The summed E-state index contributed by atoms with van der Waals surface area (Å²) in [6, 6.07) is 6.01. The molecule has 1 aliphatic heterocycles. The lowest BCUT2D eigenvalue weighted by Crippen LogP contribution is -2.49. The monoisotopic (exact) mass is 502 g/mol. The van der Waals surface area contributed by atoms with Crippen LogP contribution in [0.5, 0.6) is 11.5 Å². The standard InChI is InChI=1S/C20H30N4O3.HI/c1-21-19(23-13-20(9-4-5-10-20)18(25)24(2)3)22-11-8-15-6-7-16-17(12-15)27-14-26-16;/h6-7,12H,4-5,8-11,13-14H2,1-3H3,(H2,21,22,23);1H. The highest BCUT2D eigenvalue weighted by atomic mass is 127. The van der Waals surface area contributed by atoms with Crippen LogP contribution in [0.25, 0.3) is 0 Å². The molecule has 0 atom stereocenters. The zero-order valence-corrected chi connectivity index (χ0v) is 19.2. The Morgan fingerprint density at radius 1 is 1.18 bits per heavy atom. The highest BCUT2D eigenvalue weighted by Crippen LogP contribution is 2.39. The van der Waals surface area contributed by atoms with Gasteiger partial charge in [0.15, 0.2) is 17.5 Å². The van der Waals surface area contributed by atoms with E-state index in [-0.39, 0.29) is 35.3 Å². The van der Waals surface area contributed by atoms with Gasteiger partial charge in [0.2, 0.25) is 12.7 Å². The number of carbonyl (C=O) groups excluding carboxylic acids is 1. The fourth-order valence-corrected chi connectivity index (χ4v) is 3.89. The molecule has 8 heteroatoms. The van der Waals surface area contributed by atoms with Gasteiger partial charge in [0.1, 0.15) is 0 Å². The summed E-state index contributed by atoms with van der Waals surface area (Å²) in [4.78, 5) is 18.7. The minimum atomic E-state index is -0.307. The molecule has 1 aliphatic carbocycles. The Bertz CT molecular complexity index is 703. The van der Waals surface area contributed by atoms with Gasteiger partial charge >= 0.3 is 0 Å². The number of aliphatic imine (C=N–C) groups is 1. The highest BCUT2D eigenvalue weighted by molar-refractivity contribution is 14.0. The topological polar surface area (TPSA) is 75.2 Å². The zero-order chi connectivity index (χ0) is 19.3. The fourth-order valence-electron chi connectivity index (χ4n) is 3.89. The normalized spacial score (nSPS) is 17.0. The summed E-state index contributed by atoms with van der Waals surface area (Å²) in [5, 5.41) is 6.70. The molecule has 0 saturated heterocycles. The van der Waals surface area contributed by atoms with Gasteiger partial charge in [-0.1, -0.05) is 18.9 Å². The number of benzene rings is 1. The number of carbonyl (C=O) groups is 1. The maximum atomic E-state index is 12.7. The number of rotatable bonds is 6. The molecule has 0 radical (unpaired) electrons. The largest absolute Gasteiger partial charge is 0.454 e. The van der Waals surface area contributed by atoms with E-state index < -0.39 is 0 Å². The van der Waals surface area contributed by atoms with Crippen molar-refractivity contribution in [1.82, 2.24) is 15.5 Å². The molecular formula is C20H31IN4O3. The van der Waals surface area contributed by atoms with Gasteiger partial charge in [0.05, 0.1) is 5.41 Å². The van der Waals surface area contributed by atoms with E-state index in [0.29, 0.717) is 13.3 Å². The number of hydrogen-bond donors (Lipinski definition) is 2. The van der Waals surface area contributed by atoms with Crippen LogP contribution in [0, 0.1) is 5.41 Å². The van der Waals surface area contributed by atoms with Crippen LogP contribution in [0.3, 0.4) is 0 Å². The second-order valence-electron chi connectivity index (χ2n) is 7.48. The summed E-state index contributed by atoms with van der Waals surface area (Å²) in [6.07, 6.45) is 4.93. The van der Waals surface area contributed by atoms with Crippen molar-refractivity contribution in [3.8, 4) is 11.5 Å². The predicted octanol–water partition coefficient (Wildman–Crippen LogP) is 2.39. The summed E-state index contributed by atoms with van der Waals surface area (Å²) in [7, 11) is 5.42. The Labute approximate surface area is 184 Å². The van der Waals surface area contributed by atoms with Gasteiger partial charge in [0.25, 0.3) is 0 Å².